The number of alkyl halides is 3. The van der Waals surface area contributed by atoms with E-state index in [-0.39, 0.29) is 25.0 Å². The van der Waals surface area contributed by atoms with Gasteiger partial charge in [-0.15, -0.1) is 0 Å². The molecule has 1 aliphatic carbocycles. The predicted octanol–water partition coefficient (Wildman–Crippen LogP) is 2.53. The van der Waals surface area contributed by atoms with E-state index < -0.39 is 29.6 Å². The van der Waals surface area contributed by atoms with Crippen LogP contribution in [-0.2, 0) is 19.1 Å². The van der Waals surface area contributed by atoms with Crippen LogP contribution in [0, 0.1) is 5.92 Å². The Kier molecular flexibility index (Phi) is 5.46. The third kappa shape index (κ3) is 4.27. The van der Waals surface area contributed by atoms with E-state index in [1.54, 1.807) is 6.92 Å². The van der Waals surface area contributed by atoms with E-state index >= 15 is 0 Å². The molecule has 0 bridgehead atoms. The van der Waals surface area contributed by atoms with E-state index in [9.17, 15) is 27.6 Å². The Morgan fingerprint density at radius 3 is 2.14 bits per heavy atom. The molecule has 0 aliphatic heterocycles. The lowest BCUT2D eigenvalue weighted by Gasteiger charge is -2.16. The first kappa shape index (κ1) is 17.1. The predicted molar refractivity (Wildman–Crippen MR) is 67.3 cm³/mol. The molecule has 0 amide bonds. The zero-order chi connectivity index (χ0) is 16.2. The second kappa shape index (κ2) is 6.69. The minimum absolute atomic E-state index is 0.105. The smallest absolute Gasteiger partial charge is 0.450 e. The fourth-order valence-corrected chi connectivity index (χ4v) is 1.88. The number of carbonyl (C=O) groups excluding carboxylic acids is 3. The average Bonchev–Trinajstić information content (AvgIpc) is 2.44. The molecule has 21 heavy (non-hydrogen) atoms. The molecule has 0 N–H and O–H groups in total. The number of halogens is 3. The van der Waals surface area contributed by atoms with E-state index in [2.05, 4.69) is 0 Å². The Morgan fingerprint density at radius 1 is 1.19 bits per heavy atom. The third-order valence-corrected chi connectivity index (χ3v) is 3.07. The fraction of sp³-hybridized carbons (Fsp3) is 0.500. The minimum atomic E-state index is -5.03. The number of hydrogen-bond acceptors (Lipinski definition) is 4. The standard InChI is InChI=1S/C14H15F3O4/c1-3-21-13(20)10-6-4-9(5-7-10)11(18)8(2)12(19)14(15,16)17/h4,6,8H,3,5,7H2,1-2H3. The van der Waals surface area contributed by atoms with Gasteiger partial charge in [0.2, 0.25) is 5.78 Å². The van der Waals surface area contributed by atoms with Crippen LogP contribution in [0.15, 0.2) is 23.3 Å². The quantitative estimate of drug-likeness (QED) is 0.578. The summed E-state index contributed by atoms with van der Waals surface area (Å²) < 4.78 is 41.6. The summed E-state index contributed by atoms with van der Waals surface area (Å²) >= 11 is 0. The van der Waals surface area contributed by atoms with Gasteiger partial charge in [-0.25, -0.2) is 4.79 Å². The molecular weight excluding hydrogens is 289 g/mol. The molecule has 0 aromatic carbocycles. The molecule has 116 valence electrons. The van der Waals surface area contributed by atoms with Crippen molar-refractivity contribution in [3.05, 3.63) is 23.3 Å². The summed E-state index contributed by atoms with van der Waals surface area (Å²) in [4.78, 5) is 34.3. The first-order valence-corrected chi connectivity index (χ1v) is 6.40. The topological polar surface area (TPSA) is 60.4 Å². The van der Waals surface area contributed by atoms with Gasteiger partial charge in [0.1, 0.15) is 0 Å². The first-order chi connectivity index (χ1) is 9.68. The Morgan fingerprint density at radius 2 is 1.71 bits per heavy atom. The lowest BCUT2D eigenvalue weighted by atomic mass is 9.88. The molecule has 1 unspecified atom stereocenters. The van der Waals surface area contributed by atoms with Crippen molar-refractivity contribution in [2.45, 2.75) is 32.9 Å². The van der Waals surface area contributed by atoms with Crippen molar-refractivity contribution in [3.8, 4) is 0 Å². The molecule has 0 saturated heterocycles. The van der Waals surface area contributed by atoms with Gasteiger partial charge in [0.15, 0.2) is 5.78 Å². The van der Waals surface area contributed by atoms with Gasteiger partial charge in [-0.3, -0.25) is 9.59 Å². The van der Waals surface area contributed by atoms with Crippen molar-refractivity contribution in [2.24, 2.45) is 5.92 Å². The number of carbonyl (C=O) groups is 3. The van der Waals surface area contributed by atoms with Crippen LogP contribution < -0.4 is 0 Å². The maximum atomic E-state index is 12.3. The van der Waals surface area contributed by atoms with Gasteiger partial charge in [0.25, 0.3) is 0 Å². The maximum Gasteiger partial charge on any atom is 0.450 e. The van der Waals surface area contributed by atoms with Crippen molar-refractivity contribution in [2.75, 3.05) is 6.61 Å². The van der Waals surface area contributed by atoms with E-state index in [1.165, 1.54) is 12.2 Å². The van der Waals surface area contributed by atoms with Crippen LogP contribution in [0.1, 0.15) is 26.7 Å². The van der Waals surface area contributed by atoms with Gasteiger partial charge in [0.05, 0.1) is 12.5 Å². The normalized spacial score (nSPS) is 16.6. The van der Waals surface area contributed by atoms with Crippen LogP contribution >= 0.6 is 0 Å². The van der Waals surface area contributed by atoms with Crippen LogP contribution in [0.4, 0.5) is 13.2 Å². The second-order valence-corrected chi connectivity index (χ2v) is 4.55. The van der Waals surface area contributed by atoms with Gasteiger partial charge in [-0.1, -0.05) is 12.2 Å². The third-order valence-electron chi connectivity index (χ3n) is 3.07. The van der Waals surface area contributed by atoms with Crippen LogP contribution in [0.25, 0.3) is 0 Å². The summed E-state index contributed by atoms with van der Waals surface area (Å²) in [6.45, 7) is 2.79. The Bertz CT molecular complexity index is 515. The number of Topliss-reactive ketones (excluding diaryl/α,β-unsaturated/α-hetero) is 2. The molecule has 0 saturated carbocycles. The summed E-state index contributed by atoms with van der Waals surface area (Å²) in [6.07, 6.45) is -2.10. The van der Waals surface area contributed by atoms with Gasteiger partial charge < -0.3 is 4.74 Å². The number of hydrogen-bond donors (Lipinski definition) is 0. The van der Waals surface area contributed by atoms with Gasteiger partial charge >= 0.3 is 12.1 Å². The molecule has 0 aromatic rings. The number of rotatable bonds is 5. The van der Waals surface area contributed by atoms with Gasteiger partial charge in [0, 0.05) is 5.57 Å². The highest BCUT2D eigenvalue weighted by Crippen LogP contribution is 2.26. The summed E-state index contributed by atoms with van der Waals surface area (Å²) in [6, 6.07) is 0. The van der Waals surface area contributed by atoms with Crippen molar-refractivity contribution in [3.63, 3.8) is 0 Å². The Labute approximate surface area is 119 Å². The van der Waals surface area contributed by atoms with E-state index in [1.807, 2.05) is 0 Å². The molecule has 0 heterocycles. The monoisotopic (exact) mass is 304 g/mol. The Hall–Kier alpha value is -1.92. The first-order valence-electron chi connectivity index (χ1n) is 6.40. The van der Waals surface area contributed by atoms with E-state index in [0.717, 1.165) is 6.92 Å². The summed E-state index contributed by atoms with van der Waals surface area (Å²) in [5.41, 5.74) is 0.455. The number of ketones is 2. The number of esters is 1. The maximum absolute atomic E-state index is 12.3. The average molecular weight is 304 g/mol. The van der Waals surface area contributed by atoms with Crippen LogP contribution in [0.5, 0.6) is 0 Å². The van der Waals surface area contributed by atoms with Crippen molar-refractivity contribution >= 4 is 17.5 Å². The molecule has 0 radical (unpaired) electrons. The molecule has 7 heteroatoms. The zero-order valence-corrected chi connectivity index (χ0v) is 11.6. The number of ether oxygens (including phenoxy) is 1. The van der Waals surface area contributed by atoms with Crippen molar-refractivity contribution in [1.82, 2.24) is 0 Å². The lowest BCUT2D eigenvalue weighted by molar-refractivity contribution is -0.175. The van der Waals surface area contributed by atoms with Crippen LogP contribution in [0.2, 0.25) is 0 Å². The zero-order valence-electron chi connectivity index (χ0n) is 11.6. The second-order valence-electron chi connectivity index (χ2n) is 4.55. The molecular formula is C14H15F3O4. The van der Waals surface area contributed by atoms with Gasteiger partial charge in [-0.05, 0) is 32.3 Å². The van der Waals surface area contributed by atoms with Crippen molar-refractivity contribution < 1.29 is 32.3 Å². The molecule has 1 atom stereocenters. The fourth-order valence-electron chi connectivity index (χ4n) is 1.88. The molecule has 1 aliphatic rings. The largest absolute Gasteiger partial charge is 0.463 e. The SMILES string of the molecule is CCOC(=O)C1=CC=C(C(=O)C(C)C(=O)C(F)(F)F)CC1. The summed E-state index contributed by atoms with van der Waals surface area (Å²) in [7, 11) is 0. The molecule has 0 fully saturated rings. The summed E-state index contributed by atoms with van der Waals surface area (Å²) in [5, 5.41) is 0. The highest BCUT2D eigenvalue weighted by atomic mass is 19.4. The van der Waals surface area contributed by atoms with Crippen LogP contribution in [0.3, 0.4) is 0 Å². The molecule has 0 spiro atoms. The molecule has 0 aromatic heterocycles. The number of allylic oxidation sites excluding steroid dienone is 3. The molecule has 1 rings (SSSR count). The highest BCUT2D eigenvalue weighted by Gasteiger charge is 2.44. The lowest BCUT2D eigenvalue weighted by Crippen LogP contribution is -2.34. The van der Waals surface area contributed by atoms with Gasteiger partial charge in [-0.2, -0.15) is 13.2 Å². The van der Waals surface area contributed by atoms with E-state index in [0.29, 0.717) is 5.57 Å². The van der Waals surface area contributed by atoms with E-state index in [4.69, 9.17) is 4.74 Å². The highest BCUT2D eigenvalue weighted by molar-refractivity contribution is 6.12. The Balaban J connectivity index is 2.82. The molecule has 4 nitrogen and oxygen atoms in total. The van der Waals surface area contributed by atoms with Crippen molar-refractivity contribution in [1.29, 1.82) is 0 Å². The minimum Gasteiger partial charge on any atom is -0.463 e. The van der Waals surface area contributed by atoms with Crippen LogP contribution in [-0.4, -0.2) is 30.3 Å². The summed E-state index contributed by atoms with van der Waals surface area (Å²) in [5.74, 6) is -5.21.